The molecule has 0 nitrogen and oxygen atoms in total. The fourth-order valence-electron chi connectivity index (χ4n) is 2.14. The molecule has 0 fully saturated rings. The van der Waals surface area contributed by atoms with Crippen molar-refractivity contribution in [2.75, 3.05) is 0 Å². The molecular weight excluding hydrogens is 194 g/mol. The van der Waals surface area contributed by atoms with Crippen LogP contribution in [-0.2, 0) is 6.42 Å². The quantitative estimate of drug-likeness (QED) is 0.605. The molecule has 0 amide bonds. The van der Waals surface area contributed by atoms with Gasteiger partial charge in [0.2, 0.25) is 0 Å². The van der Waals surface area contributed by atoms with Gasteiger partial charge in [0.25, 0.3) is 0 Å². The van der Waals surface area contributed by atoms with Crippen LogP contribution in [0.4, 0.5) is 8.78 Å². The molecule has 0 aromatic heterocycles. The van der Waals surface area contributed by atoms with Gasteiger partial charge in [-0.25, -0.2) is 8.78 Å². The Balaban J connectivity index is 2.50. The lowest BCUT2D eigenvalue weighted by atomic mass is 9.92. The minimum absolute atomic E-state index is 0.0696. The molecule has 1 aliphatic carbocycles. The van der Waals surface area contributed by atoms with Crippen LogP contribution in [-0.4, -0.2) is 0 Å². The van der Waals surface area contributed by atoms with E-state index in [0.29, 0.717) is 5.56 Å². The Bertz CT molecular complexity index is 577. The van der Waals surface area contributed by atoms with Crippen molar-refractivity contribution in [2.45, 2.75) is 6.42 Å². The fraction of sp³-hybridized carbons (Fsp3) is 0.0769. The standard InChI is InChI=1S/C13H8F2/c14-11-7-9-5-1-3-8-4-2-6-10(12(8)9)13(11)15/h1-6H,7H2. The summed E-state index contributed by atoms with van der Waals surface area (Å²) in [5, 5.41) is 1.81. The second kappa shape index (κ2) is 2.89. The monoisotopic (exact) mass is 202 g/mol. The summed E-state index contributed by atoms with van der Waals surface area (Å²) >= 11 is 0. The Morgan fingerprint density at radius 1 is 0.933 bits per heavy atom. The van der Waals surface area contributed by atoms with Gasteiger partial charge in [-0.1, -0.05) is 36.4 Å². The predicted octanol–water partition coefficient (Wildman–Crippen LogP) is 4.00. The molecule has 15 heavy (non-hydrogen) atoms. The number of rotatable bonds is 0. The molecule has 2 aromatic carbocycles. The molecule has 1 aliphatic rings. The van der Waals surface area contributed by atoms with Crippen LogP contribution < -0.4 is 0 Å². The molecule has 0 unspecified atom stereocenters. The van der Waals surface area contributed by atoms with E-state index < -0.39 is 11.7 Å². The van der Waals surface area contributed by atoms with E-state index in [1.807, 2.05) is 24.3 Å². The summed E-state index contributed by atoms with van der Waals surface area (Å²) in [5.41, 5.74) is 1.24. The highest BCUT2D eigenvalue weighted by atomic mass is 19.2. The van der Waals surface area contributed by atoms with Crippen LogP contribution in [0.1, 0.15) is 11.1 Å². The first-order valence-corrected chi connectivity index (χ1v) is 4.82. The van der Waals surface area contributed by atoms with Crippen molar-refractivity contribution in [2.24, 2.45) is 0 Å². The van der Waals surface area contributed by atoms with Crippen LogP contribution in [0.5, 0.6) is 0 Å². The highest BCUT2D eigenvalue weighted by molar-refractivity contribution is 5.97. The van der Waals surface area contributed by atoms with E-state index in [1.165, 1.54) is 0 Å². The van der Waals surface area contributed by atoms with Crippen molar-refractivity contribution in [3.05, 3.63) is 53.4 Å². The lowest BCUT2D eigenvalue weighted by Gasteiger charge is -2.15. The second-order valence-electron chi connectivity index (χ2n) is 3.72. The largest absolute Gasteiger partial charge is 0.208 e. The molecule has 2 aromatic rings. The van der Waals surface area contributed by atoms with Crippen LogP contribution in [0.15, 0.2) is 42.2 Å². The van der Waals surface area contributed by atoms with Crippen molar-refractivity contribution in [3.8, 4) is 0 Å². The molecule has 0 heterocycles. The first-order chi connectivity index (χ1) is 7.27. The van der Waals surface area contributed by atoms with Crippen molar-refractivity contribution in [1.82, 2.24) is 0 Å². The summed E-state index contributed by atoms with van der Waals surface area (Å²) in [5.74, 6) is -1.37. The first-order valence-electron chi connectivity index (χ1n) is 4.82. The van der Waals surface area contributed by atoms with Gasteiger partial charge in [0.15, 0.2) is 5.83 Å². The number of benzene rings is 2. The van der Waals surface area contributed by atoms with Crippen LogP contribution >= 0.6 is 0 Å². The lowest BCUT2D eigenvalue weighted by molar-refractivity contribution is 0.580. The van der Waals surface area contributed by atoms with Gasteiger partial charge in [-0.05, 0) is 16.3 Å². The summed E-state index contributed by atoms with van der Waals surface area (Å²) in [6.45, 7) is 0. The maximum atomic E-state index is 13.5. The molecule has 0 N–H and O–H groups in total. The van der Waals surface area contributed by atoms with Crippen molar-refractivity contribution < 1.29 is 8.78 Å². The Morgan fingerprint density at radius 3 is 2.47 bits per heavy atom. The number of halogens is 2. The summed E-state index contributed by atoms with van der Waals surface area (Å²) in [6.07, 6.45) is 0.0696. The zero-order valence-electron chi connectivity index (χ0n) is 7.93. The lowest BCUT2D eigenvalue weighted by Crippen LogP contribution is -1.99. The smallest absolute Gasteiger partial charge is 0.162 e. The van der Waals surface area contributed by atoms with Gasteiger partial charge in [0.05, 0.1) is 0 Å². The molecule has 0 atom stereocenters. The van der Waals surface area contributed by atoms with Crippen molar-refractivity contribution in [3.63, 3.8) is 0 Å². The zero-order valence-corrected chi connectivity index (χ0v) is 7.93. The Labute approximate surface area is 85.8 Å². The molecule has 0 bridgehead atoms. The van der Waals surface area contributed by atoms with Gasteiger partial charge >= 0.3 is 0 Å². The third kappa shape index (κ3) is 1.11. The zero-order chi connectivity index (χ0) is 10.4. The van der Waals surface area contributed by atoms with E-state index in [9.17, 15) is 8.78 Å². The summed E-state index contributed by atoms with van der Waals surface area (Å²) in [6, 6.07) is 10.9. The van der Waals surface area contributed by atoms with E-state index in [-0.39, 0.29) is 6.42 Å². The third-order valence-corrected chi connectivity index (χ3v) is 2.81. The highest BCUT2D eigenvalue weighted by Crippen LogP contribution is 2.37. The molecule has 3 rings (SSSR count). The summed E-state index contributed by atoms with van der Waals surface area (Å²) in [4.78, 5) is 0. The Hall–Kier alpha value is -1.70. The van der Waals surface area contributed by atoms with Gasteiger partial charge in [0.1, 0.15) is 5.83 Å². The molecule has 0 saturated heterocycles. The molecule has 74 valence electrons. The molecule has 0 spiro atoms. The van der Waals surface area contributed by atoms with Gasteiger partial charge in [0, 0.05) is 12.0 Å². The minimum atomic E-state index is -0.709. The van der Waals surface area contributed by atoms with E-state index in [2.05, 4.69) is 0 Å². The SMILES string of the molecule is FC1=C(F)c2cccc3cccc(c23)C1. The molecule has 0 saturated carbocycles. The van der Waals surface area contributed by atoms with Crippen LogP contribution in [0, 0.1) is 0 Å². The predicted molar refractivity (Wildman–Crippen MR) is 56.8 cm³/mol. The normalized spacial score (nSPS) is 14.8. The van der Waals surface area contributed by atoms with Gasteiger partial charge < -0.3 is 0 Å². The fourth-order valence-corrected chi connectivity index (χ4v) is 2.14. The second-order valence-corrected chi connectivity index (χ2v) is 3.72. The summed E-state index contributed by atoms with van der Waals surface area (Å²) in [7, 11) is 0. The first kappa shape index (κ1) is 8.60. The summed E-state index contributed by atoms with van der Waals surface area (Å²) < 4.78 is 26.8. The van der Waals surface area contributed by atoms with Crippen LogP contribution in [0.2, 0.25) is 0 Å². The van der Waals surface area contributed by atoms with E-state index in [0.717, 1.165) is 16.3 Å². The number of hydrogen-bond donors (Lipinski definition) is 0. The van der Waals surface area contributed by atoms with Gasteiger partial charge in [-0.15, -0.1) is 0 Å². The van der Waals surface area contributed by atoms with Crippen LogP contribution in [0.3, 0.4) is 0 Å². The Morgan fingerprint density at radius 2 is 1.67 bits per heavy atom. The number of hydrogen-bond acceptors (Lipinski definition) is 0. The average molecular weight is 202 g/mol. The van der Waals surface area contributed by atoms with E-state index in [4.69, 9.17) is 0 Å². The maximum absolute atomic E-state index is 13.5. The maximum Gasteiger partial charge on any atom is 0.162 e. The van der Waals surface area contributed by atoms with E-state index >= 15 is 0 Å². The van der Waals surface area contributed by atoms with Gasteiger partial charge in [-0.3, -0.25) is 0 Å². The minimum Gasteiger partial charge on any atom is -0.208 e. The van der Waals surface area contributed by atoms with Gasteiger partial charge in [-0.2, -0.15) is 0 Å². The third-order valence-electron chi connectivity index (χ3n) is 2.81. The topological polar surface area (TPSA) is 0 Å². The molecule has 0 aliphatic heterocycles. The molecule has 0 radical (unpaired) electrons. The molecular formula is C13H8F2. The molecule has 2 heteroatoms. The van der Waals surface area contributed by atoms with Crippen molar-refractivity contribution >= 4 is 16.6 Å². The Kier molecular flexibility index (Phi) is 1.66. The number of allylic oxidation sites excluding steroid dienone is 1. The highest BCUT2D eigenvalue weighted by Gasteiger charge is 2.20. The van der Waals surface area contributed by atoms with Crippen molar-refractivity contribution in [1.29, 1.82) is 0 Å². The average Bonchev–Trinajstić information content (AvgIpc) is 2.26. The van der Waals surface area contributed by atoms with Crippen LogP contribution in [0.25, 0.3) is 16.6 Å². The van der Waals surface area contributed by atoms with E-state index in [1.54, 1.807) is 12.1 Å².